The Morgan fingerprint density at radius 2 is 1.96 bits per heavy atom. The Morgan fingerprint density at radius 3 is 2.71 bits per heavy atom. The van der Waals surface area contributed by atoms with Gasteiger partial charge in [0.25, 0.3) is 0 Å². The maximum atomic E-state index is 12.4. The second kappa shape index (κ2) is 8.03. The molecule has 3 rings (SSSR count). The molecule has 1 N–H and O–H groups in total. The largest absolute Gasteiger partial charge is 0.323 e. The van der Waals surface area contributed by atoms with Crippen molar-refractivity contribution >= 4 is 39.1 Å². The van der Waals surface area contributed by atoms with Crippen LogP contribution in [0.2, 0.25) is 0 Å². The van der Waals surface area contributed by atoms with Gasteiger partial charge < -0.3 is 5.32 Å². The predicted octanol–water partition coefficient (Wildman–Crippen LogP) is 3.78. The lowest BCUT2D eigenvalue weighted by Crippen LogP contribution is -2.31. The highest BCUT2D eigenvalue weighted by atomic mass is 33.1. The summed E-state index contributed by atoms with van der Waals surface area (Å²) in [6, 6.07) is 6.69. The fraction of sp³-hybridized carbons (Fsp3) is 0.389. The summed E-state index contributed by atoms with van der Waals surface area (Å²) >= 11 is 0. The zero-order valence-corrected chi connectivity index (χ0v) is 14.9. The molecule has 1 aliphatic heterocycles. The average molecular weight is 361 g/mol. The Hall–Kier alpha value is -1.53. The molecule has 4 nitrogen and oxygen atoms in total. The van der Waals surface area contributed by atoms with E-state index in [1.807, 2.05) is 21.6 Å². The molecule has 0 radical (unpaired) electrons. The standard InChI is InChI=1S/C18H19NO3S2/c20-16-11-15(18(22)14-7-3-2-6-13(14)16)19-17(21)8-4-1-5-12-9-10-23-24-12/h2-3,6-7,11-12H,1,4-5,8-10H2,(H,19,21)/t12-/m1/s1. The molecule has 1 fully saturated rings. The maximum Gasteiger partial charge on any atom is 0.224 e. The van der Waals surface area contributed by atoms with Gasteiger partial charge in [0.1, 0.15) is 0 Å². The van der Waals surface area contributed by atoms with Crippen LogP contribution < -0.4 is 5.32 Å². The minimum absolute atomic E-state index is 0.0893. The van der Waals surface area contributed by atoms with Gasteiger partial charge in [0.05, 0.1) is 5.70 Å². The zero-order valence-electron chi connectivity index (χ0n) is 13.2. The first-order chi connectivity index (χ1) is 11.6. The molecule has 1 saturated heterocycles. The normalized spacial score (nSPS) is 19.8. The Bertz CT molecular complexity index is 693. The van der Waals surface area contributed by atoms with Crippen molar-refractivity contribution in [2.24, 2.45) is 0 Å². The van der Waals surface area contributed by atoms with Crippen LogP contribution in [-0.2, 0) is 4.79 Å². The van der Waals surface area contributed by atoms with Gasteiger partial charge in [0.2, 0.25) is 11.7 Å². The summed E-state index contributed by atoms with van der Waals surface area (Å²) in [5, 5.41) is 3.33. The average Bonchev–Trinajstić information content (AvgIpc) is 3.10. The van der Waals surface area contributed by atoms with Gasteiger partial charge in [-0.3, -0.25) is 14.4 Å². The molecule has 0 unspecified atom stereocenters. The molecule has 0 saturated carbocycles. The summed E-state index contributed by atoms with van der Waals surface area (Å²) in [5.74, 6) is 0.492. The van der Waals surface area contributed by atoms with E-state index in [1.54, 1.807) is 24.3 Å². The first-order valence-corrected chi connectivity index (χ1v) is 10.5. The van der Waals surface area contributed by atoms with Gasteiger partial charge in [-0.2, -0.15) is 0 Å². The van der Waals surface area contributed by atoms with E-state index in [1.165, 1.54) is 18.2 Å². The smallest absolute Gasteiger partial charge is 0.224 e. The van der Waals surface area contributed by atoms with Crippen molar-refractivity contribution in [3.63, 3.8) is 0 Å². The van der Waals surface area contributed by atoms with E-state index in [9.17, 15) is 14.4 Å². The van der Waals surface area contributed by atoms with E-state index in [0.717, 1.165) is 24.5 Å². The number of amides is 1. The molecule has 2 aliphatic rings. The number of carbonyl (C=O) groups excluding carboxylic acids is 3. The molecule has 0 aromatic heterocycles. The molecule has 6 heteroatoms. The van der Waals surface area contributed by atoms with Gasteiger partial charge in [-0.05, 0) is 19.3 Å². The van der Waals surface area contributed by atoms with Crippen LogP contribution in [0.25, 0.3) is 0 Å². The molecular formula is C18H19NO3S2. The van der Waals surface area contributed by atoms with Gasteiger partial charge in [0.15, 0.2) is 5.78 Å². The number of rotatable bonds is 6. The van der Waals surface area contributed by atoms with E-state index in [2.05, 4.69) is 5.32 Å². The SMILES string of the molecule is O=C(CCCC[C@@H]1CCSS1)NC1=CC(=O)c2ccccc2C1=O. The van der Waals surface area contributed by atoms with E-state index in [0.29, 0.717) is 17.5 Å². The van der Waals surface area contributed by atoms with Gasteiger partial charge in [-0.25, -0.2) is 0 Å². The van der Waals surface area contributed by atoms with Crippen LogP contribution in [0.4, 0.5) is 0 Å². The number of allylic oxidation sites excluding steroid dienone is 2. The highest BCUT2D eigenvalue weighted by Gasteiger charge is 2.26. The van der Waals surface area contributed by atoms with Crippen molar-refractivity contribution in [1.82, 2.24) is 5.32 Å². The first-order valence-electron chi connectivity index (χ1n) is 8.13. The zero-order chi connectivity index (χ0) is 16.9. The summed E-state index contributed by atoms with van der Waals surface area (Å²) < 4.78 is 0. The summed E-state index contributed by atoms with van der Waals surface area (Å²) in [5.41, 5.74) is 0.843. The minimum atomic E-state index is -0.294. The van der Waals surface area contributed by atoms with Crippen molar-refractivity contribution in [3.8, 4) is 0 Å². The second-order valence-electron chi connectivity index (χ2n) is 5.92. The number of nitrogens with one attached hydrogen (secondary N) is 1. The van der Waals surface area contributed by atoms with Crippen LogP contribution in [-0.4, -0.2) is 28.5 Å². The monoisotopic (exact) mass is 361 g/mol. The molecule has 1 aromatic carbocycles. The lowest BCUT2D eigenvalue weighted by atomic mass is 9.92. The summed E-state index contributed by atoms with van der Waals surface area (Å²) in [4.78, 5) is 36.5. The first kappa shape index (κ1) is 17.3. The maximum absolute atomic E-state index is 12.4. The Morgan fingerprint density at radius 1 is 1.17 bits per heavy atom. The summed E-state index contributed by atoms with van der Waals surface area (Å²) in [6.07, 6.45) is 5.82. The fourth-order valence-electron chi connectivity index (χ4n) is 2.84. The summed E-state index contributed by atoms with van der Waals surface area (Å²) in [7, 11) is 3.87. The number of fused-ring (bicyclic) bond motifs is 1. The van der Waals surface area contributed by atoms with Gasteiger partial charge >= 0.3 is 0 Å². The van der Waals surface area contributed by atoms with Crippen molar-refractivity contribution in [2.75, 3.05) is 5.75 Å². The Labute approximate surface area is 149 Å². The van der Waals surface area contributed by atoms with Gasteiger partial charge in [-0.1, -0.05) is 52.3 Å². The molecule has 126 valence electrons. The van der Waals surface area contributed by atoms with E-state index in [-0.39, 0.29) is 23.2 Å². The van der Waals surface area contributed by atoms with Crippen molar-refractivity contribution in [1.29, 1.82) is 0 Å². The number of carbonyl (C=O) groups is 3. The highest BCUT2D eigenvalue weighted by Crippen LogP contribution is 2.39. The van der Waals surface area contributed by atoms with Gasteiger partial charge in [-0.15, -0.1) is 0 Å². The topological polar surface area (TPSA) is 63.2 Å². The Kier molecular flexibility index (Phi) is 5.79. The number of unbranched alkanes of at least 4 members (excludes halogenated alkanes) is 1. The van der Waals surface area contributed by atoms with Crippen LogP contribution >= 0.6 is 21.6 Å². The molecule has 1 aromatic rings. The van der Waals surface area contributed by atoms with Crippen LogP contribution in [0.15, 0.2) is 36.0 Å². The van der Waals surface area contributed by atoms with E-state index >= 15 is 0 Å². The van der Waals surface area contributed by atoms with Crippen LogP contribution in [0.5, 0.6) is 0 Å². The highest BCUT2D eigenvalue weighted by molar-refractivity contribution is 8.77. The third-order valence-corrected chi connectivity index (χ3v) is 7.15. The third kappa shape index (κ3) is 4.11. The van der Waals surface area contributed by atoms with Crippen LogP contribution in [0, 0.1) is 0 Å². The number of hydrogen-bond acceptors (Lipinski definition) is 5. The summed E-state index contributed by atoms with van der Waals surface area (Å²) in [6.45, 7) is 0. The molecule has 1 amide bonds. The van der Waals surface area contributed by atoms with Crippen molar-refractivity contribution in [3.05, 3.63) is 47.2 Å². The lowest BCUT2D eigenvalue weighted by molar-refractivity contribution is -0.120. The van der Waals surface area contributed by atoms with Gasteiger partial charge in [0, 0.05) is 34.6 Å². The van der Waals surface area contributed by atoms with E-state index < -0.39 is 0 Å². The molecule has 1 heterocycles. The quantitative estimate of drug-likeness (QED) is 0.617. The minimum Gasteiger partial charge on any atom is -0.323 e. The predicted molar refractivity (Wildman–Crippen MR) is 98.3 cm³/mol. The fourth-order valence-corrected chi connectivity index (χ4v) is 5.87. The lowest BCUT2D eigenvalue weighted by Gasteiger charge is -2.15. The van der Waals surface area contributed by atoms with E-state index in [4.69, 9.17) is 0 Å². The van der Waals surface area contributed by atoms with Crippen LogP contribution in [0.1, 0.15) is 52.8 Å². The molecule has 1 atom stereocenters. The molecule has 24 heavy (non-hydrogen) atoms. The molecule has 1 aliphatic carbocycles. The number of benzene rings is 1. The second-order valence-corrected chi connectivity index (χ2v) is 8.71. The van der Waals surface area contributed by atoms with Crippen molar-refractivity contribution in [2.45, 2.75) is 37.4 Å². The molecular weight excluding hydrogens is 342 g/mol. The van der Waals surface area contributed by atoms with Crippen molar-refractivity contribution < 1.29 is 14.4 Å². The number of ketones is 2. The Balaban J connectivity index is 1.49. The third-order valence-electron chi connectivity index (χ3n) is 4.14. The number of hydrogen-bond donors (Lipinski definition) is 1. The molecule has 0 bridgehead atoms. The molecule has 0 spiro atoms. The van der Waals surface area contributed by atoms with Crippen LogP contribution in [0.3, 0.4) is 0 Å². The number of Topliss-reactive ketones (excluding diaryl/α,β-unsaturated/α-hetero) is 1.